The zero-order chi connectivity index (χ0) is 14.5. The molecule has 1 heterocycles. The van der Waals surface area contributed by atoms with Crippen molar-refractivity contribution >= 4 is 11.9 Å². The minimum Gasteiger partial charge on any atom is -0.468 e. The molecule has 0 bridgehead atoms. The van der Waals surface area contributed by atoms with Crippen molar-refractivity contribution in [1.29, 1.82) is 0 Å². The molecule has 2 rings (SSSR count). The zero-order valence-electron chi connectivity index (χ0n) is 11.3. The number of aryl methyl sites for hydroxylation is 1. The zero-order valence-corrected chi connectivity index (χ0v) is 11.3. The standard InChI is InChI=1S/C14H15N3O3/c1-17-9-12(7-16-17)10-4-3-5-11(6-10)14(19)15-8-13(18)20-2/h3-7,9H,8H2,1-2H3,(H,15,19). The van der Waals surface area contributed by atoms with Crippen LogP contribution in [0.25, 0.3) is 11.1 Å². The van der Waals surface area contributed by atoms with Crippen molar-refractivity contribution in [2.24, 2.45) is 7.05 Å². The van der Waals surface area contributed by atoms with Gasteiger partial charge in [-0.15, -0.1) is 0 Å². The minimum absolute atomic E-state index is 0.146. The molecule has 0 saturated carbocycles. The lowest BCUT2D eigenvalue weighted by Gasteiger charge is -2.05. The van der Waals surface area contributed by atoms with E-state index in [0.29, 0.717) is 5.56 Å². The summed E-state index contributed by atoms with van der Waals surface area (Å²) in [6, 6.07) is 7.12. The van der Waals surface area contributed by atoms with Crippen LogP contribution in [0.2, 0.25) is 0 Å². The first-order valence-corrected chi connectivity index (χ1v) is 6.04. The molecule has 1 aromatic heterocycles. The number of methoxy groups -OCH3 is 1. The van der Waals surface area contributed by atoms with Crippen molar-refractivity contribution in [3.8, 4) is 11.1 Å². The third-order valence-corrected chi connectivity index (χ3v) is 2.78. The first kappa shape index (κ1) is 13.8. The molecule has 2 aromatic rings. The Morgan fingerprint density at radius 2 is 2.15 bits per heavy atom. The van der Waals surface area contributed by atoms with Gasteiger partial charge >= 0.3 is 5.97 Å². The van der Waals surface area contributed by atoms with Crippen molar-refractivity contribution in [1.82, 2.24) is 15.1 Å². The Morgan fingerprint density at radius 3 is 2.80 bits per heavy atom. The van der Waals surface area contributed by atoms with Crippen molar-refractivity contribution in [3.63, 3.8) is 0 Å². The van der Waals surface area contributed by atoms with E-state index in [9.17, 15) is 9.59 Å². The van der Waals surface area contributed by atoms with Crippen LogP contribution >= 0.6 is 0 Å². The van der Waals surface area contributed by atoms with Crippen LogP contribution in [-0.4, -0.2) is 35.3 Å². The number of benzene rings is 1. The largest absolute Gasteiger partial charge is 0.468 e. The maximum absolute atomic E-state index is 11.9. The second kappa shape index (κ2) is 6.01. The Bertz CT molecular complexity index is 634. The van der Waals surface area contributed by atoms with Gasteiger partial charge in [-0.05, 0) is 17.7 Å². The number of amides is 1. The van der Waals surface area contributed by atoms with Gasteiger partial charge in [-0.25, -0.2) is 0 Å². The van der Waals surface area contributed by atoms with E-state index in [2.05, 4.69) is 15.2 Å². The third-order valence-electron chi connectivity index (χ3n) is 2.78. The lowest BCUT2D eigenvalue weighted by molar-refractivity contribution is -0.139. The summed E-state index contributed by atoms with van der Waals surface area (Å²) >= 11 is 0. The van der Waals surface area contributed by atoms with Crippen LogP contribution in [0.15, 0.2) is 36.7 Å². The summed E-state index contributed by atoms with van der Waals surface area (Å²) < 4.78 is 6.16. The first-order chi connectivity index (χ1) is 9.60. The molecule has 0 spiro atoms. The van der Waals surface area contributed by atoms with E-state index in [0.717, 1.165) is 11.1 Å². The lowest BCUT2D eigenvalue weighted by Crippen LogP contribution is -2.30. The number of rotatable bonds is 4. The molecule has 104 valence electrons. The van der Waals surface area contributed by atoms with E-state index in [-0.39, 0.29) is 12.5 Å². The van der Waals surface area contributed by atoms with Crippen LogP contribution in [0.5, 0.6) is 0 Å². The van der Waals surface area contributed by atoms with Crippen molar-refractivity contribution in [2.75, 3.05) is 13.7 Å². The predicted molar refractivity (Wildman–Crippen MR) is 73.0 cm³/mol. The quantitative estimate of drug-likeness (QED) is 0.843. The van der Waals surface area contributed by atoms with E-state index in [1.54, 1.807) is 29.1 Å². The van der Waals surface area contributed by atoms with Gasteiger partial charge in [-0.1, -0.05) is 12.1 Å². The van der Waals surface area contributed by atoms with Crippen molar-refractivity contribution in [3.05, 3.63) is 42.2 Å². The number of ether oxygens (including phenoxy) is 1. The fourth-order valence-electron chi connectivity index (χ4n) is 1.74. The SMILES string of the molecule is COC(=O)CNC(=O)c1cccc(-c2cnn(C)c2)c1. The fraction of sp³-hybridized carbons (Fsp3) is 0.214. The lowest BCUT2D eigenvalue weighted by atomic mass is 10.1. The van der Waals surface area contributed by atoms with E-state index < -0.39 is 5.97 Å². The second-order valence-corrected chi connectivity index (χ2v) is 4.24. The average Bonchev–Trinajstić information content (AvgIpc) is 2.91. The Hall–Kier alpha value is -2.63. The van der Waals surface area contributed by atoms with Crippen LogP contribution in [0, 0.1) is 0 Å². The van der Waals surface area contributed by atoms with E-state index in [4.69, 9.17) is 0 Å². The molecule has 0 saturated heterocycles. The Morgan fingerprint density at radius 1 is 1.35 bits per heavy atom. The monoisotopic (exact) mass is 273 g/mol. The number of hydrogen-bond donors (Lipinski definition) is 1. The molecule has 20 heavy (non-hydrogen) atoms. The Kier molecular flexibility index (Phi) is 4.14. The molecule has 0 aliphatic heterocycles. The summed E-state index contributed by atoms with van der Waals surface area (Å²) in [6.07, 6.45) is 3.59. The van der Waals surface area contributed by atoms with Crippen molar-refractivity contribution < 1.29 is 14.3 Å². The predicted octanol–water partition coefficient (Wildman–Crippen LogP) is 0.990. The molecule has 0 fully saturated rings. The Balaban J connectivity index is 2.13. The highest BCUT2D eigenvalue weighted by atomic mass is 16.5. The number of carbonyl (C=O) groups excluding carboxylic acids is 2. The molecule has 1 amide bonds. The van der Waals surface area contributed by atoms with Crippen LogP contribution in [0.3, 0.4) is 0 Å². The average molecular weight is 273 g/mol. The molecule has 6 heteroatoms. The van der Waals surface area contributed by atoms with Crippen LogP contribution < -0.4 is 5.32 Å². The summed E-state index contributed by atoms with van der Waals surface area (Å²) in [6.45, 7) is -0.146. The van der Waals surface area contributed by atoms with Gasteiger partial charge < -0.3 is 10.1 Å². The highest BCUT2D eigenvalue weighted by Crippen LogP contribution is 2.19. The molecular formula is C14H15N3O3. The molecule has 0 aliphatic carbocycles. The maximum atomic E-state index is 11.9. The van der Waals surface area contributed by atoms with Gasteiger partial charge in [0.05, 0.1) is 13.3 Å². The number of esters is 1. The van der Waals surface area contributed by atoms with Gasteiger partial charge in [0.25, 0.3) is 5.91 Å². The molecule has 0 atom stereocenters. The third kappa shape index (κ3) is 3.23. The summed E-state index contributed by atoms with van der Waals surface area (Å²) in [5, 5.41) is 6.59. The number of nitrogens with one attached hydrogen (secondary N) is 1. The number of hydrogen-bond acceptors (Lipinski definition) is 4. The molecule has 0 unspecified atom stereocenters. The van der Waals surface area contributed by atoms with Gasteiger partial charge in [0, 0.05) is 24.4 Å². The van der Waals surface area contributed by atoms with Gasteiger partial charge in [0.1, 0.15) is 6.54 Å². The van der Waals surface area contributed by atoms with E-state index in [1.165, 1.54) is 7.11 Å². The van der Waals surface area contributed by atoms with Gasteiger partial charge in [0.15, 0.2) is 0 Å². The first-order valence-electron chi connectivity index (χ1n) is 6.04. The van der Waals surface area contributed by atoms with Gasteiger partial charge in [0.2, 0.25) is 0 Å². The molecule has 1 N–H and O–H groups in total. The van der Waals surface area contributed by atoms with Crippen LogP contribution in [0.4, 0.5) is 0 Å². The van der Waals surface area contributed by atoms with Crippen LogP contribution in [0.1, 0.15) is 10.4 Å². The molecular weight excluding hydrogens is 258 g/mol. The molecule has 6 nitrogen and oxygen atoms in total. The molecule has 0 aliphatic rings. The second-order valence-electron chi connectivity index (χ2n) is 4.24. The summed E-state index contributed by atoms with van der Waals surface area (Å²) in [7, 11) is 3.11. The topological polar surface area (TPSA) is 73.2 Å². The fourth-order valence-corrected chi connectivity index (χ4v) is 1.74. The minimum atomic E-state index is -0.484. The number of nitrogens with zero attached hydrogens (tertiary/aromatic N) is 2. The van der Waals surface area contributed by atoms with Crippen LogP contribution in [-0.2, 0) is 16.6 Å². The maximum Gasteiger partial charge on any atom is 0.325 e. The summed E-state index contributed by atoms with van der Waals surface area (Å²) in [5.74, 6) is -0.803. The Labute approximate surface area is 116 Å². The van der Waals surface area contributed by atoms with Gasteiger partial charge in [-0.2, -0.15) is 5.10 Å². The molecule has 0 radical (unpaired) electrons. The van der Waals surface area contributed by atoms with E-state index >= 15 is 0 Å². The highest BCUT2D eigenvalue weighted by Gasteiger charge is 2.09. The highest BCUT2D eigenvalue weighted by molar-refractivity contribution is 5.96. The molecule has 1 aromatic carbocycles. The normalized spacial score (nSPS) is 10.1. The smallest absolute Gasteiger partial charge is 0.325 e. The number of aromatic nitrogens is 2. The van der Waals surface area contributed by atoms with Gasteiger partial charge in [-0.3, -0.25) is 14.3 Å². The van der Waals surface area contributed by atoms with E-state index in [1.807, 2.05) is 19.3 Å². The summed E-state index contributed by atoms with van der Waals surface area (Å²) in [5.41, 5.74) is 2.30. The number of carbonyl (C=O) groups is 2. The summed E-state index contributed by atoms with van der Waals surface area (Å²) in [4.78, 5) is 22.9. The van der Waals surface area contributed by atoms with Crippen molar-refractivity contribution in [2.45, 2.75) is 0 Å².